The second kappa shape index (κ2) is 8.94. The van der Waals surface area contributed by atoms with E-state index in [0.717, 1.165) is 60.4 Å². The van der Waals surface area contributed by atoms with Crippen molar-refractivity contribution in [2.45, 2.75) is 13.8 Å². The highest BCUT2D eigenvalue weighted by atomic mass is 19.1. The van der Waals surface area contributed by atoms with Gasteiger partial charge in [-0.1, -0.05) is 19.1 Å². The predicted molar refractivity (Wildman–Crippen MR) is 121 cm³/mol. The number of methoxy groups -OCH3 is 1. The monoisotopic (exact) mass is 422 g/mol. The van der Waals surface area contributed by atoms with Crippen LogP contribution in [0.15, 0.2) is 53.2 Å². The molecule has 1 fully saturated rings. The van der Waals surface area contributed by atoms with Crippen molar-refractivity contribution in [1.82, 2.24) is 9.80 Å². The summed E-state index contributed by atoms with van der Waals surface area (Å²) in [6.07, 6.45) is 3.35. The third kappa shape index (κ3) is 4.35. The Morgan fingerprint density at radius 3 is 2.52 bits per heavy atom. The summed E-state index contributed by atoms with van der Waals surface area (Å²) in [4.78, 5) is 17.1. The number of hydrogen-bond donors (Lipinski definition) is 0. The average molecular weight is 423 g/mol. The molecule has 0 N–H and O–H groups in total. The van der Waals surface area contributed by atoms with Crippen molar-refractivity contribution in [2.75, 3.05) is 39.8 Å². The quantitative estimate of drug-likeness (QED) is 0.554. The summed E-state index contributed by atoms with van der Waals surface area (Å²) >= 11 is 0. The van der Waals surface area contributed by atoms with Crippen LogP contribution in [0.3, 0.4) is 0 Å². The summed E-state index contributed by atoms with van der Waals surface area (Å²) in [7, 11) is 1.60. The van der Waals surface area contributed by atoms with E-state index in [4.69, 9.17) is 9.15 Å². The van der Waals surface area contributed by atoms with Gasteiger partial charge in [-0.2, -0.15) is 0 Å². The molecule has 1 aliphatic heterocycles. The van der Waals surface area contributed by atoms with E-state index in [2.05, 4.69) is 11.8 Å². The molecule has 2 heterocycles. The Hall–Kier alpha value is -3.12. The molecule has 0 atom stereocenters. The van der Waals surface area contributed by atoms with Crippen molar-refractivity contribution in [3.05, 3.63) is 60.1 Å². The van der Waals surface area contributed by atoms with Gasteiger partial charge in [0.15, 0.2) is 0 Å². The fourth-order valence-electron chi connectivity index (χ4n) is 4.02. The number of amides is 1. The molecule has 0 spiro atoms. The molecule has 2 aromatic carbocycles. The second-order valence-electron chi connectivity index (χ2n) is 7.79. The van der Waals surface area contributed by atoms with Gasteiger partial charge in [0.05, 0.1) is 13.4 Å². The summed E-state index contributed by atoms with van der Waals surface area (Å²) in [5.41, 5.74) is 4.07. The third-order valence-corrected chi connectivity index (χ3v) is 5.95. The normalized spacial score (nSPS) is 15.5. The second-order valence-corrected chi connectivity index (χ2v) is 7.79. The van der Waals surface area contributed by atoms with Gasteiger partial charge in [-0.3, -0.25) is 4.79 Å². The number of likely N-dealkylation sites (N-methyl/N-ethyl adjacent to an activating group) is 1. The third-order valence-electron chi connectivity index (χ3n) is 5.95. The number of piperazine rings is 1. The number of allylic oxidation sites excluding steroid dienone is 1. The first-order valence-corrected chi connectivity index (χ1v) is 10.5. The minimum atomic E-state index is -0.282. The van der Waals surface area contributed by atoms with Gasteiger partial charge >= 0.3 is 0 Å². The van der Waals surface area contributed by atoms with Crippen LogP contribution in [0.1, 0.15) is 19.4 Å². The van der Waals surface area contributed by atoms with Crippen molar-refractivity contribution < 1.29 is 18.3 Å². The van der Waals surface area contributed by atoms with Crippen LogP contribution < -0.4 is 4.74 Å². The van der Waals surface area contributed by atoms with Crippen LogP contribution in [0.25, 0.3) is 27.7 Å². The van der Waals surface area contributed by atoms with Crippen molar-refractivity contribution >= 4 is 22.4 Å². The Balaban J connectivity index is 1.67. The Bertz CT molecular complexity index is 1110. The molecule has 6 heteroatoms. The lowest BCUT2D eigenvalue weighted by atomic mass is 9.99. The molecule has 162 valence electrons. The van der Waals surface area contributed by atoms with Crippen molar-refractivity contribution in [2.24, 2.45) is 0 Å². The van der Waals surface area contributed by atoms with Crippen LogP contribution in [0.5, 0.6) is 5.75 Å². The van der Waals surface area contributed by atoms with Gasteiger partial charge in [-0.15, -0.1) is 0 Å². The Kier molecular flexibility index (Phi) is 6.09. The molecule has 1 aliphatic rings. The van der Waals surface area contributed by atoms with Crippen LogP contribution in [0.4, 0.5) is 4.39 Å². The minimum absolute atomic E-state index is 0.0151. The van der Waals surface area contributed by atoms with E-state index in [1.807, 2.05) is 24.0 Å². The minimum Gasteiger partial charge on any atom is -0.496 e. The fraction of sp³-hybridized carbons (Fsp3) is 0.320. The summed E-state index contributed by atoms with van der Waals surface area (Å²) < 4.78 is 24.7. The molecule has 0 saturated carbocycles. The van der Waals surface area contributed by atoms with E-state index in [1.165, 1.54) is 12.1 Å². The molecule has 3 aromatic rings. The van der Waals surface area contributed by atoms with Crippen LogP contribution >= 0.6 is 0 Å². The molecule has 1 saturated heterocycles. The van der Waals surface area contributed by atoms with Crippen LogP contribution in [-0.2, 0) is 4.79 Å². The van der Waals surface area contributed by atoms with E-state index in [0.29, 0.717) is 11.3 Å². The Morgan fingerprint density at radius 2 is 1.87 bits per heavy atom. The summed E-state index contributed by atoms with van der Waals surface area (Å²) in [6.45, 7) is 8.35. The van der Waals surface area contributed by atoms with Crippen molar-refractivity contribution in [3.8, 4) is 16.9 Å². The zero-order valence-corrected chi connectivity index (χ0v) is 18.2. The molecule has 31 heavy (non-hydrogen) atoms. The highest BCUT2D eigenvalue weighted by Gasteiger charge is 2.20. The zero-order valence-electron chi connectivity index (χ0n) is 18.2. The molecular weight excluding hydrogens is 395 g/mol. The average Bonchev–Trinajstić information content (AvgIpc) is 3.21. The molecule has 1 amide bonds. The molecule has 4 rings (SSSR count). The molecule has 1 aromatic heterocycles. The highest BCUT2D eigenvalue weighted by Crippen LogP contribution is 2.37. The van der Waals surface area contributed by atoms with Gasteiger partial charge in [0, 0.05) is 54.8 Å². The van der Waals surface area contributed by atoms with Gasteiger partial charge in [0.25, 0.3) is 0 Å². The standard InChI is InChI=1S/C25H27FN2O3/c1-4-27-9-11-28(12-10-27)25(29)13-17(2)20-14-21-22(18-5-7-19(26)8-6-18)16-31-24(21)15-23(20)30-3/h5-8,13-16H,4,9-12H2,1-3H3/b17-13+. The molecule has 0 radical (unpaired) electrons. The van der Waals surface area contributed by atoms with E-state index in [9.17, 15) is 9.18 Å². The van der Waals surface area contributed by atoms with Crippen molar-refractivity contribution in [1.29, 1.82) is 0 Å². The number of halogens is 1. The van der Waals surface area contributed by atoms with E-state index in [-0.39, 0.29) is 11.7 Å². The number of ether oxygens (including phenoxy) is 1. The number of fused-ring (bicyclic) bond motifs is 1. The maximum absolute atomic E-state index is 13.3. The number of carbonyl (C=O) groups is 1. The lowest BCUT2D eigenvalue weighted by Crippen LogP contribution is -2.48. The SMILES string of the molecule is CCN1CCN(C(=O)/C=C(\C)c2cc3c(-c4ccc(F)cc4)coc3cc2OC)CC1. The largest absolute Gasteiger partial charge is 0.496 e. The number of carbonyl (C=O) groups excluding carboxylic acids is 1. The number of hydrogen-bond acceptors (Lipinski definition) is 4. The van der Waals surface area contributed by atoms with Crippen LogP contribution in [-0.4, -0.2) is 55.5 Å². The zero-order chi connectivity index (χ0) is 22.0. The van der Waals surface area contributed by atoms with Gasteiger partial charge in [-0.25, -0.2) is 4.39 Å². The van der Waals surface area contributed by atoms with Crippen molar-refractivity contribution in [3.63, 3.8) is 0 Å². The summed E-state index contributed by atoms with van der Waals surface area (Å²) in [5.74, 6) is 0.377. The molecule has 0 unspecified atom stereocenters. The van der Waals surface area contributed by atoms with E-state index in [1.54, 1.807) is 31.6 Å². The lowest BCUT2D eigenvalue weighted by Gasteiger charge is -2.33. The maximum atomic E-state index is 13.3. The first-order chi connectivity index (χ1) is 15.0. The van der Waals surface area contributed by atoms with Gasteiger partial charge in [0.2, 0.25) is 5.91 Å². The Morgan fingerprint density at radius 1 is 1.16 bits per heavy atom. The molecule has 5 nitrogen and oxygen atoms in total. The van der Waals surface area contributed by atoms with E-state index >= 15 is 0 Å². The topological polar surface area (TPSA) is 45.9 Å². The summed E-state index contributed by atoms with van der Waals surface area (Å²) in [5, 5.41) is 0.888. The molecular formula is C25H27FN2O3. The lowest BCUT2D eigenvalue weighted by molar-refractivity contribution is -0.127. The van der Waals surface area contributed by atoms with E-state index < -0.39 is 0 Å². The smallest absolute Gasteiger partial charge is 0.246 e. The van der Waals surface area contributed by atoms with Gasteiger partial charge < -0.3 is 19.0 Å². The number of rotatable bonds is 5. The maximum Gasteiger partial charge on any atom is 0.246 e. The van der Waals surface area contributed by atoms with Gasteiger partial charge in [0.1, 0.15) is 17.1 Å². The first kappa shape index (κ1) is 21.1. The fourth-order valence-corrected chi connectivity index (χ4v) is 4.02. The Labute approximate surface area is 181 Å². The molecule has 0 aliphatic carbocycles. The number of furan rings is 1. The summed E-state index contributed by atoms with van der Waals surface area (Å²) in [6, 6.07) is 10.1. The first-order valence-electron chi connectivity index (χ1n) is 10.5. The predicted octanol–water partition coefficient (Wildman–Crippen LogP) is 4.81. The van der Waals surface area contributed by atoms with Crippen LogP contribution in [0, 0.1) is 5.82 Å². The highest BCUT2D eigenvalue weighted by molar-refractivity contribution is 6.00. The van der Waals surface area contributed by atoms with Gasteiger partial charge in [-0.05, 0) is 42.8 Å². The number of benzene rings is 2. The molecule has 0 bridgehead atoms. The number of nitrogens with zero attached hydrogens (tertiary/aromatic N) is 2. The van der Waals surface area contributed by atoms with Crippen LogP contribution in [0.2, 0.25) is 0 Å².